The Morgan fingerprint density at radius 2 is 1.71 bits per heavy atom. The second-order valence-corrected chi connectivity index (χ2v) is 2.26. The molecule has 1 heterocycles. The quantitative estimate of drug-likeness (QED) is 0.732. The summed E-state index contributed by atoms with van der Waals surface area (Å²) in [5.41, 5.74) is 0.993. The van der Waals surface area contributed by atoms with E-state index in [4.69, 9.17) is 11.6 Å². The van der Waals surface area contributed by atoms with Gasteiger partial charge in [0.15, 0.2) is 0 Å². The molecule has 0 saturated carbocycles. The average molecular weight is 218 g/mol. The number of aryl methyl sites for hydroxylation is 1. The number of anilines is 1. The van der Waals surface area contributed by atoms with E-state index in [1.807, 2.05) is 34.6 Å². The van der Waals surface area contributed by atoms with E-state index >= 15 is 0 Å². The summed E-state index contributed by atoms with van der Waals surface area (Å²) in [6.07, 6.45) is 1.68. The number of hydrogen-bond acceptors (Lipinski definition) is 3. The van der Waals surface area contributed by atoms with E-state index in [1.54, 1.807) is 13.2 Å². The second kappa shape index (κ2) is 10.3. The predicted molar refractivity (Wildman–Crippen MR) is 64.0 cm³/mol. The van der Waals surface area contributed by atoms with E-state index < -0.39 is 0 Å². The third kappa shape index (κ3) is 5.75. The lowest BCUT2D eigenvalue weighted by Gasteiger charge is -2.01. The minimum atomic E-state index is 0.273. The molecule has 0 unspecified atom stereocenters. The first kappa shape index (κ1) is 15.6. The van der Waals surface area contributed by atoms with Crippen molar-refractivity contribution in [3.05, 3.63) is 17.0 Å². The summed E-state index contributed by atoms with van der Waals surface area (Å²) >= 11 is 5.53. The van der Waals surface area contributed by atoms with Gasteiger partial charge in [-0.15, -0.1) is 0 Å². The zero-order valence-corrected chi connectivity index (χ0v) is 10.6. The molecule has 0 fully saturated rings. The van der Waals surface area contributed by atoms with Crippen LogP contribution in [-0.4, -0.2) is 17.0 Å². The monoisotopic (exact) mass is 217 g/mol. The molecule has 1 aromatic rings. The third-order valence-corrected chi connectivity index (χ3v) is 1.36. The number of nitrogens with one attached hydrogen (secondary N) is 1. The number of rotatable bonds is 1. The first-order chi connectivity index (χ1) is 6.74. The van der Waals surface area contributed by atoms with E-state index in [0.29, 0.717) is 0 Å². The molecular formula is C10H20ClN3. The Bertz CT molecular complexity index is 239. The standard InChI is InChI=1S/C6H8ClN3.2C2H6/c1-4-3-9-6(7)10-5(4)8-2;2*1-2/h3H,1-2H3,(H,8,9,10);2*1-2H3. The molecule has 0 aliphatic heterocycles. The van der Waals surface area contributed by atoms with Gasteiger partial charge in [-0.25, -0.2) is 9.97 Å². The average Bonchev–Trinajstić information content (AvgIpc) is 2.27. The van der Waals surface area contributed by atoms with Crippen LogP contribution in [0.15, 0.2) is 6.20 Å². The van der Waals surface area contributed by atoms with Gasteiger partial charge >= 0.3 is 0 Å². The van der Waals surface area contributed by atoms with Gasteiger partial charge in [0.1, 0.15) is 5.82 Å². The SMILES string of the molecule is CC.CC.CNc1nc(Cl)ncc1C. The fourth-order valence-electron chi connectivity index (χ4n) is 0.674. The van der Waals surface area contributed by atoms with Gasteiger partial charge in [0, 0.05) is 18.8 Å². The summed E-state index contributed by atoms with van der Waals surface area (Å²) in [4.78, 5) is 7.74. The molecule has 1 N–H and O–H groups in total. The summed E-state index contributed by atoms with van der Waals surface area (Å²) in [6, 6.07) is 0. The number of aromatic nitrogens is 2. The zero-order valence-electron chi connectivity index (χ0n) is 9.85. The van der Waals surface area contributed by atoms with Crippen LogP contribution in [0.1, 0.15) is 33.3 Å². The molecule has 0 atom stereocenters. The lowest BCUT2D eigenvalue weighted by Crippen LogP contribution is -1.96. The zero-order chi connectivity index (χ0) is 11.6. The topological polar surface area (TPSA) is 37.8 Å². The Labute approximate surface area is 91.9 Å². The van der Waals surface area contributed by atoms with Crippen LogP contribution in [0.4, 0.5) is 5.82 Å². The fourth-order valence-corrected chi connectivity index (χ4v) is 0.807. The molecule has 0 spiro atoms. The van der Waals surface area contributed by atoms with Gasteiger partial charge in [-0.3, -0.25) is 0 Å². The molecule has 3 nitrogen and oxygen atoms in total. The van der Waals surface area contributed by atoms with E-state index in [9.17, 15) is 0 Å². The van der Waals surface area contributed by atoms with Crippen molar-refractivity contribution in [1.29, 1.82) is 0 Å². The van der Waals surface area contributed by atoms with Crippen LogP contribution >= 0.6 is 11.6 Å². The Balaban J connectivity index is 0. The van der Waals surface area contributed by atoms with E-state index in [2.05, 4.69) is 15.3 Å². The second-order valence-electron chi connectivity index (χ2n) is 1.92. The molecule has 1 rings (SSSR count). The smallest absolute Gasteiger partial charge is 0.224 e. The van der Waals surface area contributed by atoms with Gasteiger partial charge in [-0.05, 0) is 18.5 Å². The molecule has 0 aliphatic carbocycles. The van der Waals surface area contributed by atoms with Crippen LogP contribution in [-0.2, 0) is 0 Å². The van der Waals surface area contributed by atoms with Gasteiger partial charge in [0.2, 0.25) is 5.28 Å². The summed E-state index contributed by atoms with van der Waals surface area (Å²) < 4.78 is 0. The number of halogens is 1. The maximum Gasteiger partial charge on any atom is 0.224 e. The Kier molecular flexibility index (Phi) is 11.4. The Morgan fingerprint density at radius 1 is 1.21 bits per heavy atom. The third-order valence-electron chi connectivity index (χ3n) is 1.18. The van der Waals surface area contributed by atoms with Crippen LogP contribution < -0.4 is 5.32 Å². The van der Waals surface area contributed by atoms with Gasteiger partial charge in [-0.2, -0.15) is 0 Å². The summed E-state index contributed by atoms with van der Waals surface area (Å²) in [7, 11) is 1.80. The van der Waals surface area contributed by atoms with Gasteiger partial charge < -0.3 is 5.32 Å². The highest BCUT2D eigenvalue weighted by molar-refractivity contribution is 6.28. The van der Waals surface area contributed by atoms with Gasteiger partial charge in [0.25, 0.3) is 0 Å². The highest BCUT2D eigenvalue weighted by atomic mass is 35.5. The first-order valence-corrected chi connectivity index (χ1v) is 5.28. The minimum Gasteiger partial charge on any atom is -0.373 e. The fraction of sp³-hybridized carbons (Fsp3) is 0.600. The molecule has 0 aliphatic rings. The predicted octanol–water partition coefficient (Wildman–Crippen LogP) is 3.53. The van der Waals surface area contributed by atoms with Crippen molar-refractivity contribution >= 4 is 17.4 Å². The number of nitrogens with zero attached hydrogens (tertiary/aromatic N) is 2. The maximum atomic E-state index is 5.53. The summed E-state index contributed by atoms with van der Waals surface area (Å²) in [5, 5.41) is 3.17. The van der Waals surface area contributed by atoms with Gasteiger partial charge in [0.05, 0.1) is 0 Å². The van der Waals surface area contributed by atoms with Crippen molar-refractivity contribution < 1.29 is 0 Å². The molecule has 1 aromatic heterocycles. The van der Waals surface area contributed by atoms with E-state index in [0.717, 1.165) is 11.4 Å². The molecule has 0 saturated heterocycles. The van der Waals surface area contributed by atoms with Crippen LogP contribution in [0.3, 0.4) is 0 Å². The largest absolute Gasteiger partial charge is 0.373 e. The normalized spacial score (nSPS) is 7.64. The Hall–Kier alpha value is -0.830. The Morgan fingerprint density at radius 3 is 2.07 bits per heavy atom. The molecular weight excluding hydrogens is 198 g/mol. The van der Waals surface area contributed by atoms with Gasteiger partial charge in [-0.1, -0.05) is 27.7 Å². The minimum absolute atomic E-state index is 0.273. The van der Waals surface area contributed by atoms with Crippen LogP contribution in [0.2, 0.25) is 5.28 Å². The lowest BCUT2D eigenvalue weighted by atomic mass is 10.3. The lowest BCUT2D eigenvalue weighted by molar-refractivity contribution is 1.12. The molecule has 0 radical (unpaired) electrons. The summed E-state index contributed by atoms with van der Waals surface area (Å²) in [6.45, 7) is 9.92. The maximum absolute atomic E-state index is 5.53. The van der Waals surface area contributed by atoms with E-state index in [1.165, 1.54) is 0 Å². The first-order valence-electron chi connectivity index (χ1n) is 4.91. The molecule has 82 valence electrons. The van der Waals surface area contributed by atoms with Crippen molar-refractivity contribution in [3.63, 3.8) is 0 Å². The van der Waals surface area contributed by atoms with Crippen molar-refractivity contribution in [1.82, 2.24) is 9.97 Å². The van der Waals surface area contributed by atoms with Crippen molar-refractivity contribution in [2.75, 3.05) is 12.4 Å². The van der Waals surface area contributed by atoms with Crippen molar-refractivity contribution in [2.45, 2.75) is 34.6 Å². The van der Waals surface area contributed by atoms with Crippen LogP contribution in [0.25, 0.3) is 0 Å². The van der Waals surface area contributed by atoms with Crippen LogP contribution in [0, 0.1) is 6.92 Å². The highest BCUT2D eigenvalue weighted by Gasteiger charge is 1.97. The summed E-state index contributed by atoms with van der Waals surface area (Å²) in [5.74, 6) is 0.778. The molecule has 0 amide bonds. The molecule has 0 aromatic carbocycles. The van der Waals surface area contributed by atoms with Crippen LogP contribution in [0.5, 0.6) is 0 Å². The molecule has 14 heavy (non-hydrogen) atoms. The van der Waals surface area contributed by atoms with E-state index in [-0.39, 0.29) is 5.28 Å². The van der Waals surface area contributed by atoms with Crippen molar-refractivity contribution in [2.24, 2.45) is 0 Å². The highest BCUT2D eigenvalue weighted by Crippen LogP contribution is 2.10. The molecule has 0 bridgehead atoms. The number of hydrogen-bond donors (Lipinski definition) is 1. The molecule has 4 heteroatoms. The van der Waals surface area contributed by atoms with Crippen molar-refractivity contribution in [3.8, 4) is 0 Å².